The molecule has 1 aromatic rings. The molecule has 0 amide bonds. The molecule has 0 spiro atoms. The van der Waals surface area contributed by atoms with Crippen molar-refractivity contribution in [2.75, 3.05) is 7.11 Å². The van der Waals surface area contributed by atoms with Gasteiger partial charge < -0.3 is 10.5 Å². The number of nitrogens with zero attached hydrogens (tertiary/aromatic N) is 1. The number of hydrogen-bond donors (Lipinski definition) is 1. The third kappa shape index (κ3) is 1.41. The summed E-state index contributed by atoms with van der Waals surface area (Å²) < 4.78 is 5.20. The Morgan fingerprint density at radius 3 is 3.19 bits per heavy atom. The first-order valence-electron chi connectivity index (χ1n) is 5.49. The number of ether oxygens (including phenoxy) is 1. The van der Waals surface area contributed by atoms with Gasteiger partial charge in [-0.1, -0.05) is 23.5 Å². The molecule has 1 heterocycles. The zero-order valence-corrected chi connectivity index (χ0v) is 10.0. The van der Waals surface area contributed by atoms with Crippen LogP contribution in [0.1, 0.15) is 23.4 Å². The van der Waals surface area contributed by atoms with Crippen LogP contribution >= 0.6 is 11.3 Å². The number of thiazole rings is 1. The molecule has 4 heteroatoms. The molecule has 0 aromatic carbocycles. The highest BCUT2D eigenvalue weighted by Gasteiger charge is 2.26. The highest BCUT2D eigenvalue weighted by molar-refractivity contribution is 7.13. The zero-order valence-electron chi connectivity index (χ0n) is 9.19. The van der Waals surface area contributed by atoms with Gasteiger partial charge >= 0.3 is 0 Å². The van der Waals surface area contributed by atoms with Crippen molar-refractivity contribution < 1.29 is 4.74 Å². The van der Waals surface area contributed by atoms with Gasteiger partial charge in [0.05, 0.1) is 12.8 Å². The molecule has 16 heavy (non-hydrogen) atoms. The van der Waals surface area contributed by atoms with E-state index in [4.69, 9.17) is 10.5 Å². The Hall–Kier alpha value is -1.13. The molecule has 1 atom stereocenters. The van der Waals surface area contributed by atoms with Gasteiger partial charge in [-0.3, -0.25) is 0 Å². The molecule has 0 saturated carbocycles. The van der Waals surface area contributed by atoms with E-state index in [9.17, 15) is 0 Å². The molecule has 2 aliphatic carbocycles. The smallest absolute Gasteiger partial charge is 0.273 e. The van der Waals surface area contributed by atoms with Gasteiger partial charge in [0.25, 0.3) is 5.19 Å². The minimum absolute atomic E-state index is 0.181. The third-order valence-electron chi connectivity index (χ3n) is 3.20. The topological polar surface area (TPSA) is 48.1 Å². The first-order chi connectivity index (χ1) is 7.79. The van der Waals surface area contributed by atoms with Crippen LogP contribution in [-0.2, 0) is 6.42 Å². The Balaban J connectivity index is 2.12. The van der Waals surface area contributed by atoms with Crippen LogP contribution in [0, 0.1) is 0 Å². The molecular weight excluding hydrogens is 220 g/mol. The van der Waals surface area contributed by atoms with Crippen molar-refractivity contribution in [3.8, 4) is 5.19 Å². The molecular formula is C12H14N2OS. The molecule has 2 aliphatic rings. The number of aryl methyl sites for hydroxylation is 1. The molecule has 0 bridgehead atoms. The molecule has 0 radical (unpaired) electrons. The molecule has 0 aliphatic heterocycles. The van der Waals surface area contributed by atoms with Gasteiger partial charge in [0.15, 0.2) is 0 Å². The summed E-state index contributed by atoms with van der Waals surface area (Å²) in [6, 6.07) is 0.181. The predicted octanol–water partition coefficient (Wildman–Crippen LogP) is 2.14. The van der Waals surface area contributed by atoms with Crippen LogP contribution in [0.3, 0.4) is 0 Å². The lowest BCUT2D eigenvalue weighted by Crippen LogP contribution is -2.26. The third-order valence-corrected chi connectivity index (χ3v) is 4.27. The van der Waals surface area contributed by atoms with Gasteiger partial charge in [-0.05, 0) is 24.8 Å². The summed E-state index contributed by atoms with van der Waals surface area (Å²) in [5, 5.41) is 0.756. The maximum absolute atomic E-state index is 6.12. The standard InChI is InChI=1S/C12H14N2OS/c1-15-12-14-11-8-3-2-4-9(13)7(8)5-6-10(11)16-12/h2-3,9H,4-6,13H2,1H3/t9-/m0/s1. The molecule has 3 rings (SSSR count). The second-order valence-corrected chi connectivity index (χ2v) is 5.19. The van der Waals surface area contributed by atoms with Crippen LogP contribution in [0.15, 0.2) is 17.7 Å². The van der Waals surface area contributed by atoms with Gasteiger partial charge in [0.1, 0.15) is 0 Å². The van der Waals surface area contributed by atoms with Crippen molar-refractivity contribution in [2.45, 2.75) is 25.3 Å². The highest BCUT2D eigenvalue weighted by Crippen LogP contribution is 2.40. The van der Waals surface area contributed by atoms with Crippen LogP contribution in [0.5, 0.6) is 5.19 Å². The molecule has 84 valence electrons. The van der Waals surface area contributed by atoms with Crippen molar-refractivity contribution in [3.05, 3.63) is 28.3 Å². The van der Waals surface area contributed by atoms with Crippen LogP contribution < -0.4 is 10.5 Å². The summed E-state index contributed by atoms with van der Waals surface area (Å²) in [5.41, 5.74) is 9.81. The largest absolute Gasteiger partial charge is 0.473 e. The molecule has 2 N–H and O–H groups in total. The van der Waals surface area contributed by atoms with E-state index in [1.54, 1.807) is 18.4 Å². The monoisotopic (exact) mass is 234 g/mol. The molecule has 0 unspecified atom stereocenters. The van der Waals surface area contributed by atoms with Gasteiger partial charge in [-0.25, -0.2) is 4.98 Å². The lowest BCUT2D eigenvalue weighted by atomic mass is 9.84. The first-order valence-corrected chi connectivity index (χ1v) is 6.30. The summed E-state index contributed by atoms with van der Waals surface area (Å²) in [7, 11) is 1.67. The fraction of sp³-hybridized carbons (Fsp3) is 0.417. The molecule has 1 aromatic heterocycles. The van der Waals surface area contributed by atoms with Crippen molar-refractivity contribution in [3.63, 3.8) is 0 Å². The first kappa shape index (κ1) is 10.1. The van der Waals surface area contributed by atoms with Crippen LogP contribution in [-0.4, -0.2) is 18.1 Å². The number of methoxy groups -OCH3 is 1. The van der Waals surface area contributed by atoms with Crippen LogP contribution in [0.2, 0.25) is 0 Å². The maximum Gasteiger partial charge on any atom is 0.273 e. The number of fused-ring (bicyclic) bond motifs is 2. The second kappa shape index (κ2) is 3.71. The number of hydrogen-bond acceptors (Lipinski definition) is 4. The minimum atomic E-state index is 0.181. The second-order valence-electron chi connectivity index (χ2n) is 4.14. The average Bonchev–Trinajstić information content (AvgIpc) is 2.72. The highest BCUT2D eigenvalue weighted by atomic mass is 32.1. The van der Waals surface area contributed by atoms with Crippen molar-refractivity contribution in [1.29, 1.82) is 0 Å². The molecule has 3 nitrogen and oxygen atoms in total. The Labute approximate surface area is 98.6 Å². The average molecular weight is 234 g/mol. The maximum atomic E-state index is 6.12. The predicted molar refractivity (Wildman–Crippen MR) is 65.6 cm³/mol. The van der Waals surface area contributed by atoms with E-state index < -0.39 is 0 Å². The number of aromatic nitrogens is 1. The zero-order chi connectivity index (χ0) is 11.1. The number of rotatable bonds is 1. The number of nitrogens with two attached hydrogens (primary N) is 1. The summed E-state index contributed by atoms with van der Waals surface area (Å²) in [4.78, 5) is 5.85. The summed E-state index contributed by atoms with van der Waals surface area (Å²) in [6.07, 6.45) is 7.38. The Bertz CT molecular complexity index is 487. The molecule has 0 saturated heterocycles. The van der Waals surface area contributed by atoms with Crippen LogP contribution in [0.4, 0.5) is 0 Å². The van der Waals surface area contributed by atoms with E-state index in [1.807, 2.05) is 0 Å². The minimum Gasteiger partial charge on any atom is -0.473 e. The summed E-state index contributed by atoms with van der Waals surface area (Å²) >= 11 is 1.65. The van der Waals surface area contributed by atoms with Crippen molar-refractivity contribution in [2.24, 2.45) is 5.73 Å². The Morgan fingerprint density at radius 1 is 1.50 bits per heavy atom. The SMILES string of the molecule is COc1nc2c(s1)CCC1=C2C=CC[C@@H]1N. The quantitative estimate of drug-likeness (QED) is 0.810. The van der Waals surface area contributed by atoms with Gasteiger partial charge in [-0.15, -0.1) is 0 Å². The van der Waals surface area contributed by atoms with E-state index >= 15 is 0 Å². The lowest BCUT2D eigenvalue weighted by molar-refractivity contribution is 0.411. The fourth-order valence-electron chi connectivity index (χ4n) is 2.38. The van der Waals surface area contributed by atoms with E-state index in [0.29, 0.717) is 0 Å². The van der Waals surface area contributed by atoms with E-state index in [0.717, 1.165) is 30.2 Å². The van der Waals surface area contributed by atoms with E-state index in [2.05, 4.69) is 17.1 Å². The Kier molecular flexibility index (Phi) is 2.33. The Morgan fingerprint density at radius 2 is 2.38 bits per heavy atom. The number of allylic oxidation sites excluding steroid dienone is 2. The van der Waals surface area contributed by atoms with Gasteiger partial charge in [-0.2, -0.15) is 0 Å². The van der Waals surface area contributed by atoms with Crippen LogP contribution in [0.25, 0.3) is 5.57 Å². The normalized spacial score (nSPS) is 23.0. The van der Waals surface area contributed by atoms with Crippen molar-refractivity contribution in [1.82, 2.24) is 4.98 Å². The van der Waals surface area contributed by atoms with Crippen molar-refractivity contribution >= 4 is 16.9 Å². The molecule has 0 fully saturated rings. The fourth-order valence-corrected chi connectivity index (χ4v) is 3.27. The van der Waals surface area contributed by atoms with E-state index in [1.165, 1.54) is 16.0 Å². The summed E-state index contributed by atoms with van der Waals surface area (Å²) in [5.74, 6) is 0. The van der Waals surface area contributed by atoms with E-state index in [-0.39, 0.29) is 6.04 Å². The summed E-state index contributed by atoms with van der Waals surface area (Å²) in [6.45, 7) is 0. The van der Waals surface area contributed by atoms with Gasteiger partial charge in [0, 0.05) is 16.5 Å². The lowest BCUT2D eigenvalue weighted by Gasteiger charge is -2.25. The van der Waals surface area contributed by atoms with Gasteiger partial charge in [0.2, 0.25) is 0 Å².